The molecule has 0 saturated heterocycles. The average molecular weight is 390 g/mol. The van der Waals surface area contributed by atoms with E-state index in [1.165, 1.54) is 4.90 Å². The third kappa shape index (κ3) is 3.78. The fraction of sp³-hybridized carbons (Fsp3) is 0.615. The first-order valence-electron chi connectivity index (χ1n) is 6.66. The van der Waals surface area contributed by atoms with Gasteiger partial charge in [0.2, 0.25) is 0 Å². The minimum Gasteiger partial charge on any atom is -0.393 e. The van der Waals surface area contributed by atoms with Gasteiger partial charge in [0, 0.05) is 20.1 Å². The van der Waals surface area contributed by atoms with Gasteiger partial charge in [0.15, 0.2) is 11.5 Å². The van der Waals surface area contributed by atoms with E-state index in [-0.39, 0.29) is 18.1 Å². The normalized spacial score (nSPS) is 22.4. The van der Waals surface area contributed by atoms with Gasteiger partial charge in [-0.15, -0.1) is 0 Å². The second kappa shape index (κ2) is 6.66. The van der Waals surface area contributed by atoms with Crippen molar-refractivity contribution in [2.45, 2.75) is 37.8 Å². The van der Waals surface area contributed by atoms with E-state index in [9.17, 15) is 9.90 Å². The minimum absolute atomic E-state index is 0.158. The van der Waals surface area contributed by atoms with E-state index < -0.39 is 0 Å². The number of halogens is 1. The number of hydrogen-bond acceptors (Lipinski definition) is 5. The van der Waals surface area contributed by atoms with Gasteiger partial charge in [-0.25, -0.2) is 9.97 Å². The zero-order chi connectivity index (χ0) is 14.7. The molecule has 0 atom stereocenters. The van der Waals surface area contributed by atoms with Crippen molar-refractivity contribution in [3.63, 3.8) is 0 Å². The largest absolute Gasteiger partial charge is 0.393 e. The standard InChI is InChI=1S/C13H19IN4O2/c1-18(2)13(20)11-12(15-7-10(14)17-11)16-8-3-5-9(19)6-4-8/h7-9,19H,3-6H2,1-2H3,(H,15,16)/t8-,9-. The molecule has 0 aliphatic heterocycles. The number of nitrogens with zero attached hydrogens (tertiary/aromatic N) is 3. The molecule has 2 N–H and O–H groups in total. The fourth-order valence-corrected chi connectivity index (χ4v) is 2.63. The minimum atomic E-state index is -0.196. The predicted octanol–water partition coefficient (Wildman–Crippen LogP) is 1.50. The third-order valence-electron chi connectivity index (χ3n) is 3.39. The van der Waals surface area contributed by atoms with Gasteiger partial charge >= 0.3 is 0 Å². The quantitative estimate of drug-likeness (QED) is 0.765. The van der Waals surface area contributed by atoms with Crippen molar-refractivity contribution in [3.05, 3.63) is 15.6 Å². The molecule has 0 aromatic carbocycles. The summed E-state index contributed by atoms with van der Waals surface area (Å²) in [4.78, 5) is 22.2. The second-order valence-corrected chi connectivity index (χ2v) is 6.34. The molecule has 2 rings (SSSR count). The Balaban J connectivity index is 2.16. The summed E-state index contributed by atoms with van der Waals surface area (Å²) in [5, 5.41) is 12.8. The number of anilines is 1. The molecular weight excluding hydrogens is 371 g/mol. The highest BCUT2D eigenvalue weighted by Gasteiger charge is 2.23. The summed E-state index contributed by atoms with van der Waals surface area (Å²) in [5.41, 5.74) is 0.355. The van der Waals surface area contributed by atoms with Gasteiger partial charge in [-0.3, -0.25) is 4.79 Å². The Morgan fingerprint density at radius 1 is 1.40 bits per heavy atom. The number of amides is 1. The van der Waals surface area contributed by atoms with E-state index in [1.54, 1.807) is 20.3 Å². The molecule has 1 fully saturated rings. The number of hydrogen-bond donors (Lipinski definition) is 2. The summed E-state index contributed by atoms with van der Waals surface area (Å²) in [6.07, 6.45) is 4.78. The van der Waals surface area contributed by atoms with Crippen LogP contribution in [0, 0.1) is 3.70 Å². The number of aliphatic hydroxyl groups is 1. The molecule has 20 heavy (non-hydrogen) atoms. The lowest BCUT2D eigenvalue weighted by Crippen LogP contribution is -2.31. The van der Waals surface area contributed by atoms with E-state index in [0.29, 0.717) is 15.2 Å². The van der Waals surface area contributed by atoms with Crippen LogP contribution >= 0.6 is 22.6 Å². The molecule has 0 spiro atoms. The number of aliphatic hydroxyl groups excluding tert-OH is 1. The maximum Gasteiger partial charge on any atom is 0.275 e. The molecule has 110 valence electrons. The zero-order valence-electron chi connectivity index (χ0n) is 11.6. The van der Waals surface area contributed by atoms with Gasteiger partial charge < -0.3 is 15.3 Å². The summed E-state index contributed by atoms with van der Waals surface area (Å²) >= 11 is 2.05. The van der Waals surface area contributed by atoms with Crippen LogP contribution in [0.2, 0.25) is 0 Å². The van der Waals surface area contributed by atoms with Crippen LogP contribution in [0.1, 0.15) is 36.2 Å². The Morgan fingerprint density at radius 2 is 2.05 bits per heavy atom. The highest BCUT2D eigenvalue weighted by atomic mass is 127. The molecule has 6 nitrogen and oxygen atoms in total. The molecule has 0 radical (unpaired) electrons. The lowest BCUT2D eigenvalue weighted by molar-refractivity contribution is 0.0822. The molecule has 1 heterocycles. The van der Waals surface area contributed by atoms with Crippen molar-refractivity contribution >= 4 is 34.3 Å². The van der Waals surface area contributed by atoms with Crippen LogP contribution in [-0.4, -0.2) is 52.1 Å². The molecule has 1 aromatic rings. The van der Waals surface area contributed by atoms with Gasteiger partial charge in [0.25, 0.3) is 5.91 Å². The van der Waals surface area contributed by atoms with E-state index in [0.717, 1.165) is 25.7 Å². The van der Waals surface area contributed by atoms with E-state index in [1.807, 2.05) is 22.6 Å². The Bertz CT molecular complexity index is 487. The number of rotatable bonds is 3. The highest BCUT2D eigenvalue weighted by Crippen LogP contribution is 2.23. The molecule has 1 aliphatic rings. The van der Waals surface area contributed by atoms with Crippen molar-refractivity contribution in [2.24, 2.45) is 0 Å². The van der Waals surface area contributed by atoms with Crippen LogP contribution < -0.4 is 5.32 Å². The van der Waals surface area contributed by atoms with Crippen LogP contribution in [0.4, 0.5) is 5.82 Å². The smallest absolute Gasteiger partial charge is 0.275 e. The van der Waals surface area contributed by atoms with Crippen LogP contribution in [0.5, 0.6) is 0 Å². The Kier molecular flexibility index (Phi) is 5.14. The number of carbonyl (C=O) groups excluding carboxylic acids is 1. The molecule has 7 heteroatoms. The number of carbonyl (C=O) groups is 1. The second-order valence-electron chi connectivity index (χ2n) is 5.24. The van der Waals surface area contributed by atoms with Crippen molar-refractivity contribution in [1.29, 1.82) is 0 Å². The van der Waals surface area contributed by atoms with Crippen molar-refractivity contribution < 1.29 is 9.90 Å². The Hall–Kier alpha value is -0.960. The lowest BCUT2D eigenvalue weighted by Gasteiger charge is -2.27. The highest BCUT2D eigenvalue weighted by molar-refractivity contribution is 14.1. The van der Waals surface area contributed by atoms with E-state index in [2.05, 4.69) is 15.3 Å². The monoisotopic (exact) mass is 390 g/mol. The Labute approximate surface area is 132 Å². The molecule has 0 unspecified atom stereocenters. The molecule has 0 bridgehead atoms. The number of aromatic nitrogens is 2. The van der Waals surface area contributed by atoms with Gasteiger partial charge in [-0.05, 0) is 48.3 Å². The fourth-order valence-electron chi connectivity index (χ4n) is 2.25. The molecule has 1 amide bonds. The summed E-state index contributed by atoms with van der Waals surface area (Å²) in [7, 11) is 3.40. The van der Waals surface area contributed by atoms with Gasteiger partial charge in [-0.2, -0.15) is 0 Å². The zero-order valence-corrected chi connectivity index (χ0v) is 13.8. The van der Waals surface area contributed by atoms with E-state index >= 15 is 0 Å². The first kappa shape index (κ1) is 15.4. The van der Waals surface area contributed by atoms with Crippen molar-refractivity contribution in [2.75, 3.05) is 19.4 Å². The predicted molar refractivity (Wildman–Crippen MR) is 84.7 cm³/mol. The van der Waals surface area contributed by atoms with Crippen molar-refractivity contribution in [1.82, 2.24) is 14.9 Å². The van der Waals surface area contributed by atoms with Crippen molar-refractivity contribution in [3.8, 4) is 0 Å². The van der Waals surface area contributed by atoms with Crippen LogP contribution in [0.15, 0.2) is 6.20 Å². The molecular formula is C13H19IN4O2. The summed E-state index contributed by atoms with van der Waals surface area (Å²) in [6, 6.07) is 0.237. The van der Waals surface area contributed by atoms with Crippen LogP contribution in [0.3, 0.4) is 0 Å². The van der Waals surface area contributed by atoms with Gasteiger partial charge in [0.05, 0.1) is 12.3 Å². The van der Waals surface area contributed by atoms with Crippen LogP contribution in [-0.2, 0) is 0 Å². The number of nitrogens with one attached hydrogen (secondary N) is 1. The molecule has 1 saturated carbocycles. The topological polar surface area (TPSA) is 78.4 Å². The molecule has 1 aliphatic carbocycles. The molecule has 1 aromatic heterocycles. The summed E-state index contributed by atoms with van der Waals surface area (Å²) < 4.78 is 0.692. The van der Waals surface area contributed by atoms with E-state index in [4.69, 9.17) is 0 Å². The first-order valence-corrected chi connectivity index (χ1v) is 7.74. The van der Waals surface area contributed by atoms with Gasteiger partial charge in [0.1, 0.15) is 3.70 Å². The first-order chi connectivity index (χ1) is 9.47. The summed E-state index contributed by atoms with van der Waals surface area (Å²) in [5.74, 6) is 0.375. The lowest BCUT2D eigenvalue weighted by atomic mass is 9.93. The maximum atomic E-state index is 12.2. The van der Waals surface area contributed by atoms with Gasteiger partial charge in [-0.1, -0.05) is 0 Å². The maximum absolute atomic E-state index is 12.2. The SMILES string of the molecule is CN(C)C(=O)c1nc(I)cnc1N[C@H]1CC[C@H](O)CC1. The average Bonchev–Trinajstić information content (AvgIpc) is 2.42. The Morgan fingerprint density at radius 3 is 2.65 bits per heavy atom. The van der Waals surface area contributed by atoms with Crippen LogP contribution in [0.25, 0.3) is 0 Å². The summed E-state index contributed by atoms with van der Waals surface area (Å²) in [6.45, 7) is 0. The third-order valence-corrected chi connectivity index (χ3v) is 3.91.